The molecule has 37 heavy (non-hydrogen) atoms. The van der Waals surface area contributed by atoms with Crippen molar-refractivity contribution in [2.45, 2.75) is 51.5 Å². The van der Waals surface area contributed by atoms with Gasteiger partial charge in [-0.25, -0.2) is 0 Å². The Labute approximate surface area is 216 Å². The van der Waals surface area contributed by atoms with Crippen LogP contribution in [0.4, 0.5) is 11.6 Å². The lowest BCUT2D eigenvalue weighted by molar-refractivity contribution is -0.140. The number of aromatic hydroxyl groups is 1. The number of hydrogen-bond acceptors (Lipinski definition) is 8. The number of nitrogens with one attached hydrogen (secondary N) is 1. The quantitative estimate of drug-likeness (QED) is 0.538. The molecule has 4 heterocycles. The van der Waals surface area contributed by atoms with E-state index >= 15 is 0 Å². The molecule has 9 nitrogen and oxygen atoms in total. The van der Waals surface area contributed by atoms with Gasteiger partial charge in [0.25, 0.3) is 0 Å². The highest BCUT2D eigenvalue weighted by molar-refractivity contribution is 5.81. The van der Waals surface area contributed by atoms with Gasteiger partial charge in [0.15, 0.2) is 11.6 Å². The Balaban J connectivity index is 1.03. The fraction of sp³-hybridized carbons (Fsp3) is 0.500. The van der Waals surface area contributed by atoms with Crippen molar-refractivity contribution in [1.82, 2.24) is 20.3 Å². The Hall–Kier alpha value is -3.62. The third kappa shape index (κ3) is 4.30. The molecule has 0 unspecified atom stereocenters. The average Bonchev–Trinajstić information content (AvgIpc) is 3.52. The van der Waals surface area contributed by atoms with Gasteiger partial charge < -0.3 is 24.7 Å². The normalized spacial score (nSPS) is 23.6. The highest BCUT2D eigenvalue weighted by Gasteiger charge is 2.52. The van der Waals surface area contributed by atoms with Crippen molar-refractivity contribution >= 4 is 17.5 Å². The first-order valence-corrected chi connectivity index (χ1v) is 13.3. The predicted octanol–water partition coefficient (Wildman–Crippen LogP) is 4.06. The Morgan fingerprint density at radius 3 is 2.59 bits per heavy atom. The second-order valence-electron chi connectivity index (χ2n) is 11.2. The van der Waals surface area contributed by atoms with E-state index in [0.717, 1.165) is 55.3 Å². The van der Waals surface area contributed by atoms with Crippen LogP contribution in [0.5, 0.6) is 5.75 Å². The Morgan fingerprint density at radius 1 is 1.11 bits per heavy atom. The topological polar surface area (TPSA) is 108 Å². The van der Waals surface area contributed by atoms with E-state index in [1.54, 1.807) is 12.1 Å². The lowest BCUT2D eigenvalue weighted by Gasteiger charge is -2.47. The van der Waals surface area contributed by atoms with Gasteiger partial charge in [0.1, 0.15) is 11.5 Å². The van der Waals surface area contributed by atoms with Crippen molar-refractivity contribution < 1.29 is 14.4 Å². The van der Waals surface area contributed by atoms with Crippen LogP contribution in [-0.2, 0) is 11.2 Å². The van der Waals surface area contributed by atoms with Gasteiger partial charge in [-0.2, -0.15) is 0 Å². The summed E-state index contributed by atoms with van der Waals surface area (Å²) in [5, 5.41) is 26.7. The number of fused-ring (bicyclic) bond motifs is 1. The highest BCUT2D eigenvalue weighted by Crippen LogP contribution is 2.48. The molecule has 6 rings (SSSR count). The van der Waals surface area contributed by atoms with Gasteiger partial charge in [0.2, 0.25) is 5.91 Å². The number of hydrogen-bond donors (Lipinski definition) is 2. The number of carbonyl (C=O) groups excluding carboxylic acids is 1. The number of phenolic OH excluding ortho intramolecular Hbond substituents is 1. The average molecular weight is 503 g/mol. The lowest BCUT2D eigenvalue weighted by Crippen LogP contribution is -2.57. The molecule has 1 aliphatic carbocycles. The van der Waals surface area contributed by atoms with Gasteiger partial charge in [0.05, 0.1) is 5.69 Å². The molecule has 194 valence electrons. The molecule has 9 heteroatoms. The third-order valence-electron chi connectivity index (χ3n) is 8.47. The Morgan fingerprint density at radius 2 is 1.86 bits per heavy atom. The van der Waals surface area contributed by atoms with Gasteiger partial charge in [-0.15, -0.1) is 10.2 Å². The molecule has 1 aromatic carbocycles. The molecule has 1 saturated heterocycles. The summed E-state index contributed by atoms with van der Waals surface area (Å²) in [4.78, 5) is 17.5. The van der Waals surface area contributed by atoms with Crippen molar-refractivity contribution in [3.63, 3.8) is 0 Å². The summed E-state index contributed by atoms with van der Waals surface area (Å²) < 4.78 is 5.60. The molecule has 2 N–H and O–H groups in total. The summed E-state index contributed by atoms with van der Waals surface area (Å²) >= 11 is 0. The molecule has 0 radical (unpaired) electrons. The molecular weight excluding hydrogens is 468 g/mol. The minimum Gasteiger partial charge on any atom is -0.507 e. The Kier molecular flexibility index (Phi) is 5.81. The van der Waals surface area contributed by atoms with Crippen molar-refractivity contribution in [3.8, 4) is 17.0 Å². The fourth-order valence-electron chi connectivity index (χ4n) is 5.84. The number of aromatic nitrogens is 3. The van der Waals surface area contributed by atoms with Gasteiger partial charge >= 0.3 is 0 Å². The number of piperazine rings is 1. The highest BCUT2D eigenvalue weighted by atomic mass is 16.5. The minimum absolute atomic E-state index is 0.0319. The van der Waals surface area contributed by atoms with Crippen LogP contribution in [0.3, 0.4) is 0 Å². The van der Waals surface area contributed by atoms with Crippen molar-refractivity contribution in [2.75, 3.05) is 36.4 Å². The summed E-state index contributed by atoms with van der Waals surface area (Å²) in [6, 6.07) is 11.2. The largest absolute Gasteiger partial charge is 0.507 e. The van der Waals surface area contributed by atoms with Crippen LogP contribution < -0.4 is 10.2 Å². The van der Waals surface area contributed by atoms with E-state index in [1.807, 2.05) is 23.1 Å². The predicted molar refractivity (Wildman–Crippen MR) is 140 cm³/mol. The van der Waals surface area contributed by atoms with Crippen LogP contribution in [0, 0.1) is 11.8 Å². The van der Waals surface area contributed by atoms with E-state index in [2.05, 4.69) is 52.4 Å². The van der Waals surface area contributed by atoms with Crippen molar-refractivity contribution in [1.29, 1.82) is 0 Å². The molecule has 3 aromatic rings. The number of rotatable bonds is 5. The number of anilines is 2. The number of nitrogens with zero attached hydrogens (tertiary/aromatic N) is 5. The number of amides is 1. The smallest absolute Gasteiger partial charge is 0.225 e. The number of para-hydroxylation sites is 1. The summed E-state index contributed by atoms with van der Waals surface area (Å²) in [5.41, 5.74) is 2.31. The van der Waals surface area contributed by atoms with Gasteiger partial charge in [0, 0.05) is 60.7 Å². The third-order valence-corrected chi connectivity index (χ3v) is 8.47. The number of carbonyl (C=O) groups is 1. The second-order valence-corrected chi connectivity index (χ2v) is 11.2. The molecule has 1 atom stereocenters. The summed E-state index contributed by atoms with van der Waals surface area (Å²) in [7, 11) is 0. The summed E-state index contributed by atoms with van der Waals surface area (Å²) in [5.74, 6) is 3.88. The SMILES string of the molecule is CC(C)[C@@H](C)c1cc(N2CCN(C(=O)[C@H]3C[C@@]4(Cc5cc(-c6ccccc6O)nnc5N4)C3)CC2)no1. The maximum absolute atomic E-state index is 13.3. The molecule has 1 spiro atoms. The lowest BCUT2D eigenvalue weighted by atomic mass is 9.66. The number of benzene rings is 1. The molecule has 3 aliphatic rings. The summed E-state index contributed by atoms with van der Waals surface area (Å²) in [6.45, 7) is 9.46. The van der Waals surface area contributed by atoms with Crippen LogP contribution in [0.2, 0.25) is 0 Å². The second kappa shape index (κ2) is 9.04. The molecule has 1 saturated carbocycles. The van der Waals surface area contributed by atoms with E-state index in [4.69, 9.17) is 4.52 Å². The molecule has 1 amide bonds. The summed E-state index contributed by atoms with van der Waals surface area (Å²) in [6.07, 6.45) is 2.42. The van der Waals surface area contributed by atoms with E-state index in [-0.39, 0.29) is 23.1 Å². The molecular formula is C28H34N6O3. The van der Waals surface area contributed by atoms with E-state index in [0.29, 0.717) is 36.2 Å². The zero-order valence-electron chi connectivity index (χ0n) is 21.6. The van der Waals surface area contributed by atoms with Gasteiger partial charge in [-0.1, -0.05) is 38.1 Å². The maximum Gasteiger partial charge on any atom is 0.225 e. The first-order chi connectivity index (χ1) is 17.8. The molecule has 2 aromatic heterocycles. The first-order valence-electron chi connectivity index (χ1n) is 13.3. The van der Waals surface area contributed by atoms with E-state index < -0.39 is 0 Å². The van der Waals surface area contributed by atoms with E-state index in [1.165, 1.54) is 0 Å². The van der Waals surface area contributed by atoms with Crippen molar-refractivity contribution in [2.24, 2.45) is 11.8 Å². The standard InChI is InChI=1S/C28H34N6O3/c1-17(2)18(3)24-13-25(32-37-24)33-8-10-34(11-9-33)27(36)20-15-28(16-20)14-19-12-22(30-31-26(19)29-28)21-6-4-5-7-23(21)35/h4-7,12-13,17-18,20,35H,8-11,14-16H2,1-3H3,(H,29,31)/t18-,20-,28-/m1/s1. The molecule has 2 fully saturated rings. The minimum atomic E-state index is -0.124. The van der Waals surface area contributed by atoms with E-state index in [9.17, 15) is 9.90 Å². The Bertz CT molecular complexity index is 1310. The van der Waals surface area contributed by atoms with Gasteiger partial charge in [-0.05, 0) is 43.4 Å². The van der Waals surface area contributed by atoms with Crippen LogP contribution in [0.1, 0.15) is 50.9 Å². The van der Waals surface area contributed by atoms with Crippen LogP contribution >= 0.6 is 0 Å². The maximum atomic E-state index is 13.3. The zero-order valence-corrected chi connectivity index (χ0v) is 21.6. The van der Waals surface area contributed by atoms with Crippen LogP contribution in [0.25, 0.3) is 11.3 Å². The van der Waals surface area contributed by atoms with Crippen LogP contribution in [-0.4, -0.2) is 63.0 Å². The van der Waals surface area contributed by atoms with Crippen LogP contribution in [0.15, 0.2) is 40.9 Å². The number of phenols is 1. The molecule has 2 aliphatic heterocycles. The molecule has 0 bridgehead atoms. The zero-order chi connectivity index (χ0) is 25.7. The monoisotopic (exact) mass is 502 g/mol. The first kappa shape index (κ1) is 23.8. The van der Waals surface area contributed by atoms with Gasteiger partial charge in [-0.3, -0.25) is 4.79 Å². The van der Waals surface area contributed by atoms with Crippen molar-refractivity contribution in [3.05, 3.63) is 47.7 Å². The fourth-order valence-corrected chi connectivity index (χ4v) is 5.84.